The Labute approximate surface area is 101 Å². The van der Waals surface area contributed by atoms with Crippen LogP contribution >= 0.6 is 11.3 Å². The molecule has 2 rings (SSSR count). The van der Waals surface area contributed by atoms with Gasteiger partial charge >= 0.3 is 0 Å². The smallest absolute Gasteiger partial charge is 0.205 e. The molecule has 0 aromatic carbocycles. The zero-order chi connectivity index (χ0) is 11.4. The largest absolute Gasteiger partial charge is 0.363 e. The number of nitrogens with zero attached hydrogens (tertiary/aromatic N) is 3. The van der Waals surface area contributed by atoms with Gasteiger partial charge < -0.3 is 5.32 Å². The normalized spacial score (nSPS) is 15.7. The molecule has 1 aromatic rings. The highest BCUT2D eigenvalue weighted by Gasteiger charge is 2.24. The molecule has 4 nitrogen and oxygen atoms in total. The van der Waals surface area contributed by atoms with E-state index in [1.54, 1.807) is 11.3 Å². The van der Waals surface area contributed by atoms with Crippen LogP contribution in [0.2, 0.25) is 0 Å². The van der Waals surface area contributed by atoms with Crippen LogP contribution in [0.1, 0.15) is 31.2 Å². The third-order valence-electron chi connectivity index (χ3n) is 2.79. The Morgan fingerprint density at radius 2 is 2.25 bits per heavy atom. The van der Waals surface area contributed by atoms with Crippen LogP contribution in [0.15, 0.2) is 0 Å². The van der Waals surface area contributed by atoms with E-state index in [9.17, 15) is 0 Å². The second-order valence-electron chi connectivity index (χ2n) is 4.43. The first-order valence-corrected chi connectivity index (χ1v) is 6.86. The Kier molecular flexibility index (Phi) is 4.12. The maximum Gasteiger partial charge on any atom is 0.205 e. The molecule has 90 valence electrons. The van der Waals surface area contributed by atoms with Crippen molar-refractivity contribution in [1.29, 1.82) is 0 Å². The fourth-order valence-electron chi connectivity index (χ4n) is 1.83. The van der Waals surface area contributed by atoms with E-state index in [1.165, 1.54) is 32.4 Å². The van der Waals surface area contributed by atoms with Gasteiger partial charge in [-0.15, -0.1) is 10.2 Å². The Balaban J connectivity index is 1.87. The number of hydrogen-bond acceptors (Lipinski definition) is 5. The molecule has 0 saturated heterocycles. The van der Waals surface area contributed by atoms with Crippen molar-refractivity contribution in [3.05, 3.63) is 5.01 Å². The van der Waals surface area contributed by atoms with Crippen LogP contribution in [0.4, 0.5) is 5.13 Å². The van der Waals surface area contributed by atoms with E-state index in [0.29, 0.717) is 0 Å². The van der Waals surface area contributed by atoms with Gasteiger partial charge in [0.05, 0.1) is 6.54 Å². The van der Waals surface area contributed by atoms with E-state index < -0.39 is 0 Å². The van der Waals surface area contributed by atoms with Crippen LogP contribution in [-0.4, -0.2) is 35.2 Å². The van der Waals surface area contributed by atoms with Crippen molar-refractivity contribution in [2.45, 2.75) is 32.7 Å². The molecule has 0 atom stereocenters. The van der Waals surface area contributed by atoms with Gasteiger partial charge in [-0.05, 0) is 31.7 Å². The van der Waals surface area contributed by atoms with Crippen LogP contribution in [0, 0.1) is 5.92 Å². The summed E-state index contributed by atoms with van der Waals surface area (Å²) >= 11 is 1.66. The molecule has 0 amide bonds. The van der Waals surface area contributed by atoms with E-state index in [4.69, 9.17) is 0 Å². The summed E-state index contributed by atoms with van der Waals surface area (Å²) in [5.74, 6) is 0.947. The highest BCUT2D eigenvalue weighted by atomic mass is 32.1. The highest BCUT2D eigenvalue weighted by molar-refractivity contribution is 7.15. The number of nitrogens with one attached hydrogen (secondary N) is 1. The van der Waals surface area contributed by atoms with Gasteiger partial charge in [0.15, 0.2) is 0 Å². The first-order valence-electron chi connectivity index (χ1n) is 6.04. The molecule has 1 aromatic heterocycles. The molecule has 0 radical (unpaired) electrons. The van der Waals surface area contributed by atoms with Crippen molar-refractivity contribution in [3.8, 4) is 0 Å². The first-order chi connectivity index (χ1) is 7.81. The minimum atomic E-state index is 0.915. The fourth-order valence-corrected chi connectivity index (χ4v) is 2.56. The van der Waals surface area contributed by atoms with E-state index in [-0.39, 0.29) is 0 Å². The van der Waals surface area contributed by atoms with Gasteiger partial charge in [-0.25, -0.2) is 0 Å². The summed E-state index contributed by atoms with van der Waals surface area (Å²) in [6.07, 6.45) is 4.04. The molecule has 1 aliphatic rings. The third-order valence-corrected chi connectivity index (χ3v) is 3.72. The summed E-state index contributed by atoms with van der Waals surface area (Å²) in [6.45, 7) is 5.61. The molecule has 1 saturated carbocycles. The second kappa shape index (κ2) is 5.59. The minimum absolute atomic E-state index is 0.915. The molecular formula is C11H20N4S. The molecule has 5 heteroatoms. The lowest BCUT2D eigenvalue weighted by Crippen LogP contribution is -2.26. The van der Waals surface area contributed by atoms with Crippen molar-refractivity contribution in [2.24, 2.45) is 5.92 Å². The minimum Gasteiger partial charge on any atom is -0.363 e. The molecule has 1 aliphatic carbocycles. The second-order valence-corrected chi connectivity index (χ2v) is 5.49. The van der Waals surface area contributed by atoms with E-state index in [1.807, 2.05) is 7.05 Å². The van der Waals surface area contributed by atoms with Crippen LogP contribution in [0.3, 0.4) is 0 Å². The lowest BCUT2D eigenvalue weighted by Gasteiger charge is -2.19. The molecule has 1 N–H and O–H groups in total. The maximum atomic E-state index is 4.20. The van der Waals surface area contributed by atoms with Gasteiger partial charge in [-0.3, -0.25) is 4.90 Å². The Bertz CT molecular complexity index is 322. The van der Waals surface area contributed by atoms with E-state index >= 15 is 0 Å². The molecule has 0 unspecified atom stereocenters. The van der Waals surface area contributed by atoms with Crippen molar-refractivity contribution in [3.63, 3.8) is 0 Å². The highest BCUT2D eigenvalue weighted by Crippen LogP contribution is 2.30. The first kappa shape index (κ1) is 11.8. The molecule has 1 heterocycles. The summed E-state index contributed by atoms with van der Waals surface area (Å²) in [5, 5.41) is 13.3. The molecule has 0 aliphatic heterocycles. The fraction of sp³-hybridized carbons (Fsp3) is 0.818. The summed E-state index contributed by atoms with van der Waals surface area (Å²) in [4.78, 5) is 2.51. The van der Waals surface area contributed by atoms with Gasteiger partial charge in [-0.2, -0.15) is 0 Å². The predicted octanol–water partition coefficient (Wildman–Crippen LogP) is 2.20. The Morgan fingerprint density at radius 1 is 1.44 bits per heavy atom. The van der Waals surface area contributed by atoms with Crippen molar-refractivity contribution in [2.75, 3.05) is 25.5 Å². The summed E-state index contributed by atoms with van der Waals surface area (Å²) < 4.78 is 0. The number of aromatic nitrogens is 2. The van der Waals surface area contributed by atoms with E-state index in [2.05, 4.69) is 27.3 Å². The SMILES string of the molecule is CCCN(Cc1nnc(NC)s1)CC1CC1. The molecule has 0 bridgehead atoms. The van der Waals surface area contributed by atoms with E-state index in [0.717, 1.165) is 22.6 Å². The Hall–Kier alpha value is -0.680. The third kappa shape index (κ3) is 3.42. The maximum absolute atomic E-state index is 4.20. The van der Waals surface area contributed by atoms with Gasteiger partial charge in [0.2, 0.25) is 5.13 Å². The lowest BCUT2D eigenvalue weighted by molar-refractivity contribution is 0.254. The van der Waals surface area contributed by atoms with Crippen LogP contribution in [0.25, 0.3) is 0 Å². The average molecular weight is 240 g/mol. The zero-order valence-corrected chi connectivity index (χ0v) is 10.9. The summed E-state index contributed by atoms with van der Waals surface area (Å²) in [7, 11) is 1.89. The molecule has 1 fully saturated rings. The van der Waals surface area contributed by atoms with Crippen LogP contribution in [0.5, 0.6) is 0 Å². The van der Waals surface area contributed by atoms with Gasteiger partial charge in [0, 0.05) is 13.6 Å². The van der Waals surface area contributed by atoms with Gasteiger partial charge in [0.25, 0.3) is 0 Å². The quantitative estimate of drug-likeness (QED) is 0.793. The number of anilines is 1. The lowest BCUT2D eigenvalue weighted by atomic mass is 10.3. The topological polar surface area (TPSA) is 41.1 Å². The monoisotopic (exact) mass is 240 g/mol. The molecule has 0 spiro atoms. The molecule has 16 heavy (non-hydrogen) atoms. The zero-order valence-electron chi connectivity index (χ0n) is 10.1. The van der Waals surface area contributed by atoms with Crippen LogP contribution < -0.4 is 5.32 Å². The number of rotatable bonds is 7. The van der Waals surface area contributed by atoms with Crippen molar-refractivity contribution < 1.29 is 0 Å². The van der Waals surface area contributed by atoms with Crippen molar-refractivity contribution in [1.82, 2.24) is 15.1 Å². The van der Waals surface area contributed by atoms with Gasteiger partial charge in [-0.1, -0.05) is 18.3 Å². The summed E-state index contributed by atoms with van der Waals surface area (Å²) in [5.41, 5.74) is 0. The predicted molar refractivity (Wildman–Crippen MR) is 67.7 cm³/mol. The molecular weight excluding hydrogens is 220 g/mol. The Morgan fingerprint density at radius 3 is 2.81 bits per heavy atom. The standard InChI is InChI=1S/C11H20N4S/c1-3-6-15(7-9-4-5-9)8-10-13-14-11(12-2)16-10/h9H,3-8H2,1-2H3,(H,12,14). The summed E-state index contributed by atoms with van der Waals surface area (Å²) in [6, 6.07) is 0. The van der Waals surface area contributed by atoms with Crippen molar-refractivity contribution >= 4 is 16.5 Å². The number of hydrogen-bond donors (Lipinski definition) is 1. The van der Waals surface area contributed by atoms with Crippen LogP contribution in [-0.2, 0) is 6.54 Å². The van der Waals surface area contributed by atoms with Gasteiger partial charge in [0.1, 0.15) is 5.01 Å². The average Bonchev–Trinajstić information content (AvgIpc) is 2.96.